The van der Waals surface area contributed by atoms with Gasteiger partial charge < -0.3 is 14.5 Å². The number of nitrogens with one attached hydrogen (secondary N) is 1. The molecule has 1 heterocycles. The Morgan fingerprint density at radius 1 is 1.43 bits per heavy atom. The molecule has 0 aliphatic carbocycles. The summed E-state index contributed by atoms with van der Waals surface area (Å²) < 4.78 is 10.2. The van der Waals surface area contributed by atoms with Gasteiger partial charge in [-0.1, -0.05) is 11.6 Å². The molecule has 21 heavy (non-hydrogen) atoms. The van der Waals surface area contributed by atoms with Gasteiger partial charge in [0, 0.05) is 19.7 Å². The topological polar surface area (TPSA) is 68.5 Å². The number of methoxy groups -OCH3 is 1. The lowest BCUT2D eigenvalue weighted by Gasteiger charge is -2.01. The first-order valence-corrected chi connectivity index (χ1v) is 6.59. The van der Waals surface area contributed by atoms with E-state index in [1.807, 2.05) is 13.0 Å². The molecular weight excluding hydrogens is 270 g/mol. The van der Waals surface area contributed by atoms with Gasteiger partial charge in [-0.2, -0.15) is 0 Å². The van der Waals surface area contributed by atoms with Crippen molar-refractivity contribution >= 4 is 23.0 Å². The van der Waals surface area contributed by atoms with Crippen LogP contribution in [0.25, 0.3) is 17.0 Å². The molecule has 0 saturated carbocycles. The monoisotopic (exact) mass is 287 g/mol. The zero-order chi connectivity index (χ0) is 15.2. The summed E-state index contributed by atoms with van der Waals surface area (Å²) in [6, 6.07) is 5.41. The SMILES string of the molecule is COCCNC(=O)/C=C/c1coc2ccc(C)cc2c1=O. The average molecular weight is 287 g/mol. The van der Waals surface area contributed by atoms with Gasteiger partial charge in [0.05, 0.1) is 17.6 Å². The van der Waals surface area contributed by atoms with E-state index in [9.17, 15) is 9.59 Å². The summed E-state index contributed by atoms with van der Waals surface area (Å²) in [6.07, 6.45) is 4.12. The van der Waals surface area contributed by atoms with E-state index in [1.54, 1.807) is 19.2 Å². The third-order valence-electron chi connectivity index (χ3n) is 2.97. The van der Waals surface area contributed by atoms with Crippen molar-refractivity contribution in [3.05, 3.63) is 51.9 Å². The minimum atomic E-state index is -0.282. The third-order valence-corrected chi connectivity index (χ3v) is 2.97. The molecule has 5 nitrogen and oxygen atoms in total. The summed E-state index contributed by atoms with van der Waals surface area (Å²) in [7, 11) is 1.56. The van der Waals surface area contributed by atoms with Gasteiger partial charge >= 0.3 is 0 Å². The van der Waals surface area contributed by atoms with Gasteiger partial charge in [0.15, 0.2) is 5.43 Å². The van der Waals surface area contributed by atoms with Crippen LogP contribution < -0.4 is 10.7 Å². The molecule has 0 saturated heterocycles. The number of aryl methyl sites for hydroxylation is 1. The Morgan fingerprint density at radius 2 is 2.24 bits per heavy atom. The number of ether oxygens (including phenoxy) is 1. The van der Waals surface area contributed by atoms with Crippen LogP contribution >= 0.6 is 0 Å². The fourth-order valence-corrected chi connectivity index (χ4v) is 1.88. The van der Waals surface area contributed by atoms with Crippen molar-refractivity contribution in [3.8, 4) is 0 Å². The van der Waals surface area contributed by atoms with Crippen LogP contribution in [0.5, 0.6) is 0 Å². The molecule has 2 aromatic rings. The van der Waals surface area contributed by atoms with Crippen molar-refractivity contribution in [2.24, 2.45) is 0 Å². The molecule has 1 N–H and O–H groups in total. The number of hydrogen-bond donors (Lipinski definition) is 1. The summed E-state index contributed by atoms with van der Waals surface area (Å²) >= 11 is 0. The molecule has 110 valence electrons. The summed E-state index contributed by atoms with van der Waals surface area (Å²) in [5, 5.41) is 3.15. The van der Waals surface area contributed by atoms with Crippen molar-refractivity contribution in [1.29, 1.82) is 0 Å². The van der Waals surface area contributed by atoms with E-state index in [4.69, 9.17) is 9.15 Å². The first kappa shape index (κ1) is 15.0. The van der Waals surface area contributed by atoms with E-state index in [-0.39, 0.29) is 11.3 Å². The summed E-state index contributed by atoms with van der Waals surface area (Å²) in [4.78, 5) is 23.8. The Balaban J connectivity index is 2.21. The second-order valence-corrected chi connectivity index (χ2v) is 4.64. The van der Waals surface area contributed by atoms with E-state index in [0.717, 1.165) is 5.56 Å². The highest BCUT2D eigenvalue weighted by molar-refractivity contribution is 5.92. The predicted molar refractivity (Wildman–Crippen MR) is 81.1 cm³/mol. The summed E-state index contributed by atoms with van der Waals surface area (Å²) in [5.41, 5.74) is 1.71. The molecule has 2 rings (SSSR count). The molecule has 0 radical (unpaired) electrons. The number of carbonyl (C=O) groups is 1. The van der Waals surface area contributed by atoms with Crippen LogP contribution in [0.2, 0.25) is 0 Å². The Hall–Kier alpha value is -2.40. The van der Waals surface area contributed by atoms with Gasteiger partial charge in [-0.3, -0.25) is 9.59 Å². The third kappa shape index (κ3) is 3.79. The second-order valence-electron chi connectivity index (χ2n) is 4.64. The Morgan fingerprint density at radius 3 is 3.00 bits per heavy atom. The summed E-state index contributed by atoms with van der Waals surface area (Å²) in [5.74, 6) is -0.282. The zero-order valence-corrected chi connectivity index (χ0v) is 12.0. The molecule has 0 unspecified atom stereocenters. The van der Waals surface area contributed by atoms with Gasteiger partial charge in [0.25, 0.3) is 0 Å². The fraction of sp³-hybridized carbons (Fsp3) is 0.250. The first-order valence-electron chi connectivity index (χ1n) is 6.59. The molecule has 0 fully saturated rings. The smallest absolute Gasteiger partial charge is 0.244 e. The highest BCUT2D eigenvalue weighted by Gasteiger charge is 2.05. The van der Waals surface area contributed by atoms with E-state index < -0.39 is 0 Å². The van der Waals surface area contributed by atoms with Crippen molar-refractivity contribution in [2.45, 2.75) is 6.92 Å². The highest BCUT2D eigenvalue weighted by Crippen LogP contribution is 2.13. The molecule has 0 spiro atoms. The van der Waals surface area contributed by atoms with Crippen LogP contribution in [0.15, 0.2) is 39.7 Å². The van der Waals surface area contributed by atoms with Crippen LogP contribution in [0.1, 0.15) is 11.1 Å². The maximum absolute atomic E-state index is 12.3. The number of fused-ring (bicyclic) bond motifs is 1. The first-order chi connectivity index (χ1) is 10.1. The largest absolute Gasteiger partial charge is 0.463 e. The Kier molecular flexibility index (Phi) is 4.90. The molecule has 5 heteroatoms. The minimum Gasteiger partial charge on any atom is -0.463 e. The van der Waals surface area contributed by atoms with E-state index in [0.29, 0.717) is 29.7 Å². The molecule has 1 aromatic carbocycles. The average Bonchev–Trinajstić information content (AvgIpc) is 2.47. The highest BCUT2D eigenvalue weighted by atomic mass is 16.5. The number of hydrogen-bond acceptors (Lipinski definition) is 4. The molecule has 0 bridgehead atoms. The molecular formula is C16H17NO4. The van der Waals surface area contributed by atoms with Crippen molar-refractivity contribution in [1.82, 2.24) is 5.32 Å². The molecule has 1 amide bonds. The number of carbonyl (C=O) groups excluding carboxylic acids is 1. The van der Waals surface area contributed by atoms with E-state index in [2.05, 4.69) is 5.32 Å². The van der Waals surface area contributed by atoms with Crippen LogP contribution in [-0.2, 0) is 9.53 Å². The van der Waals surface area contributed by atoms with Crippen molar-refractivity contribution in [3.63, 3.8) is 0 Å². The predicted octanol–water partition coefficient (Wildman–Crippen LogP) is 1.88. The molecule has 0 atom stereocenters. The standard InChI is InChI=1S/C16H17NO4/c1-11-3-5-14-13(9-11)16(19)12(10-21-14)4-6-15(18)17-7-8-20-2/h3-6,9-10H,7-8H2,1-2H3,(H,17,18)/b6-4+. The summed E-state index contributed by atoms with van der Waals surface area (Å²) in [6.45, 7) is 2.77. The fourth-order valence-electron chi connectivity index (χ4n) is 1.88. The van der Waals surface area contributed by atoms with Crippen LogP contribution in [0, 0.1) is 6.92 Å². The van der Waals surface area contributed by atoms with Crippen LogP contribution in [-0.4, -0.2) is 26.2 Å². The maximum atomic E-state index is 12.3. The normalized spacial score (nSPS) is 11.1. The lowest BCUT2D eigenvalue weighted by atomic mass is 10.1. The molecule has 1 aromatic heterocycles. The lowest BCUT2D eigenvalue weighted by molar-refractivity contribution is -0.116. The zero-order valence-electron chi connectivity index (χ0n) is 12.0. The van der Waals surface area contributed by atoms with Gasteiger partial charge in [0.2, 0.25) is 5.91 Å². The number of rotatable bonds is 5. The van der Waals surface area contributed by atoms with Crippen LogP contribution in [0.3, 0.4) is 0 Å². The quantitative estimate of drug-likeness (QED) is 0.673. The lowest BCUT2D eigenvalue weighted by Crippen LogP contribution is -2.24. The maximum Gasteiger partial charge on any atom is 0.244 e. The number of amides is 1. The van der Waals surface area contributed by atoms with Gasteiger partial charge in [-0.25, -0.2) is 0 Å². The van der Waals surface area contributed by atoms with Gasteiger partial charge in [0.1, 0.15) is 11.8 Å². The van der Waals surface area contributed by atoms with E-state index in [1.165, 1.54) is 18.4 Å². The van der Waals surface area contributed by atoms with Crippen LogP contribution in [0.4, 0.5) is 0 Å². The minimum absolute atomic E-state index is 0.152. The molecule has 0 aliphatic rings. The second kappa shape index (κ2) is 6.85. The Bertz CT molecular complexity index is 731. The number of benzene rings is 1. The molecule has 0 aliphatic heterocycles. The van der Waals surface area contributed by atoms with Gasteiger partial charge in [-0.05, 0) is 25.1 Å². The van der Waals surface area contributed by atoms with Gasteiger partial charge in [-0.15, -0.1) is 0 Å². The van der Waals surface area contributed by atoms with Crippen molar-refractivity contribution < 1.29 is 13.9 Å². The van der Waals surface area contributed by atoms with Crippen molar-refractivity contribution in [2.75, 3.05) is 20.3 Å². The Labute approximate surface area is 122 Å². The van der Waals surface area contributed by atoms with E-state index >= 15 is 0 Å².